The quantitative estimate of drug-likeness (QED) is 0.529. The van der Waals surface area contributed by atoms with Crippen molar-refractivity contribution in [3.05, 3.63) is 63.6 Å². The van der Waals surface area contributed by atoms with Crippen molar-refractivity contribution < 1.29 is 13.2 Å². The standard InChI is InChI=1S/C24H31Cl2N3O3S/c1-3-28(4-2)22-11-7-18(8-12-22)15-27-24(30)19-6-5-13-29(16-19)33(31,32)17-20-9-10-21(25)14-23(20)26/h7-12,14,19H,3-6,13,15-17H2,1-2H3,(H,27,30). The lowest BCUT2D eigenvalue weighted by atomic mass is 9.98. The summed E-state index contributed by atoms with van der Waals surface area (Å²) in [5.74, 6) is -0.702. The summed E-state index contributed by atoms with van der Waals surface area (Å²) in [5, 5.41) is 3.75. The highest BCUT2D eigenvalue weighted by atomic mass is 35.5. The number of nitrogens with zero attached hydrogens (tertiary/aromatic N) is 2. The van der Waals surface area contributed by atoms with Gasteiger partial charge in [-0.1, -0.05) is 41.4 Å². The fourth-order valence-corrected chi connectivity index (χ4v) is 6.28. The van der Waals surface area contributed by atoms with Crippen LogP contribution in [0.4, 0.5) is 5.69 Å². The van der Waals surface area contributed by atoms with Crippen molar-refractivity contribution in [1.82, 2.24) is 9.62 Å². The number of piperidine rings is 1. The van der Waals surface area contributed by atoms with Crippen LogP contribution in [0.15, 0.2) is 42.5 Å². The summed E-state index contributed by atoms with van der Waals surface area (Å²) in [4.78, 5) is 15.0. The molecule has 1 amide bonds. The van der Waals surface area contributed by atoms with E-state index < -0.39 is 10.0 Å². The van der Waals surface area contributed by atoms with Crippen molar-refractivity contribution in [3.8, 4) is 0 Å². The Labute approximate surface area is 206 Å². The molecule has 0 aromatic heterocycles. The SMILES string of the molecule is CCN(CC)c1ccc(CNC(=O)C2CCCN(S(=O)(=O)Cc3ccc(Cl)cc3Cl)C2)cc1. The minimum atomic E-state index is -3.60. The number of amides is 1. The maximum Gasteiger partial charge on any atom is 0.224 e. The first-order chi connectivity index (χ1) is 15.7. The molecule has 1 heterocycles. The molecule has 1 fully saturated rings. The molecule has 33 heavy (non-hydrogen) atoms. The molecule has 6 nitrogen and oxygen atoms in total. The summed E-state index contributed by atoms with van der Waals surface area (Å²) in [6.07, 6.45) is 1.31. The zero-order valence-electron chi connectivity index (χ0n) is 19.1. The van der Waals surface area contributed by atoms with Gasteiger partial charge in [-0.15, -0.1) is 0 Å². The average molecular weight is 513 g/mol. The molecule has 0 bridgehead atoms. The third-order valence-corrected chi connectivity index (χ3v) is 8.41. The fraction of sp³-hybridized carbons (Fsp3) is 0.458. The number of carbonyl (C=O) groups excluding carboxylic acids is 1. The molecule has 0 saturated carbocycles. The van der Waals surface area contributed by atoms with Gasteiger partial charge in [0.2, 0.25) is 15.9 Å². The van der Waals surface area contributed by atoms with Gasteiger partial charge >= 0.3 is 0 Å². The number of carbonyl (C=O) groups is 1. The molecule has 1 N–H and O–H groups in total. The molecule has 9 heteroatoms. The minimum absolute atomic E-state index is 0.118. The van der Waals surface area contributed by atoms with Crippen molar-refractivity contribution in [2.75, 3.05) is 31.1 Å². The highest BCUT2D eigenvalue weighted by molar-refractivity contribution is 7.88. The van der Waals surface area contributed by atoms with Crippen molar-refractivity contribution in [2.45, 2.75) is 39.0 Å². The monoisotopic (exact) mass is 511 g/mol. The van der Waals surface area contributed by atoms with Gasteiger partial charge in [-0.25, -0.2) is 12.7 Å². The lowest BCUT2D eigenvalue weighted by Crippen LogP contribution is -2.45. The molecule has 180 valence electrons. The summed E-state index contributed by atoms with van der Waals surface area (Å²) >= 11 is 12.1. The Balaban J connectivity index is 1.57. The Bertz CT molecular complexity index is 1060. The van der Waals surface area contributed by atoms with Crippen LogP contribution in [-0.2, 0) is 27.1 Å². The molecule has 1 aliphatic rings. The predicted octanol–water partition coefficient (Wildman–Crippen LogP) is 4.70. The van der Waals surface area contributed by atoms with Gasteiger partial charge in [-0.2, -0.15) is 0 Å². The largest absolute Gasteiger partial charge is 0.372 e. The van der Waals surface area contributed by atoms with E-state index in [1.165, 1.54) is 10.4 Å². The van der Waals surface area contributed by atoms with Gasteiger partial charge in [0.1, 0.15) is 0 Å². The van der Waals surface area contributed by atoms with Gasteiger partial charge in [0.05, 0.1) is 11.7 Å². The second-order valence-electron chi connectivity index (χ2n) is 8.25. The van der Waals surface area contributed by atoms with Gasteiger partial charge in [0, 0.05) is 48.5 Å². The minimum Gasteiger partial charge on any atom is -0.372 e. The smallest absolute Gasteiger partial charge is 0.224 e. The number of hydrogen-bond acceptors (Lipinski definition) is 4. The highest BCUT2D eigenvalue weighted by Gasteiger charge is 2.32. The Morgan fingerprint density at radius 2 is 1.82 bits per heavy atom. The average Bonchev–Trinajstić information content (AvgIpc) is 2.81. The van der Waals surface area contributed by atoms with E-state index >= 15 is 0 Å². The molecule has 0 radical (unpaired) electrons. The van der Waals surface area contributed by atoms with E-state index in [9.17, 15) is 13.2 Å². The number of hydrogen-bond donors (Lipinski definition) is 1. The Morgan fingerprint density at radius 3 is 2.45 bits per heavy atom. The first kappa shape index (κ1) is 25.8. The third kappa shape index (κ3) is 6.85. The molecule has 2 aromatic rings. The number of halogens is 2. The molecular weight excluding hydrogens is 481 g/mol. The molecule has 1 aliphatic heterocycles. The highest BCUT2D eigenvalue weighted by Crippen LogP contribution is 2.26. The number of sulfonamides is 1. The van der Waals surface area contributed by atoms with Crippen molar-refractivity contribution in [3.63, 3.8) is 0 Å². The van der Waals surface area contributed by atoms with Gasteiger partial charge in [0.15, 0.2) is 0 Å². The maximum atomic E-state index is 13.0. The molecule has 1 saturated heterocycles. The van der Waals surface area contributed by atoms with Crippen LogP contribution in [0.1, 0.15) is 37.8 Å². The lowest BCUT2D eigenvalue weighted by Gasteiger charge is -2.31. The van der Waals surface area contributed by atoms with E-state index in [0.29, 0.717) is 41.5 Å². The van der Waals surface area contributed by atoms with Crippen LogP contribution in [0, 0.1) is 5.92 Å². The maximum absolute atomic E-state index is 13.0. The first-order valence-corrected chi connectivity index (χ1v) is 13.6. The van der Waals surface area contributed by atoms with Crippen molar-refractivity contribution >= 4 is 44.8 Å². The Morgan fingerprint density at radius 1 is 1.12 bits per heavy atom. The number of benzene rings is 2. The second-order valence-corrected chi connectivity index (χ2v) is 11.1. The summed E-state index contributed by atoms with van der Waals surface area (Å²) < 4.78 is 27.4. The van der Waals surface area contributed by atoms with Crippen LogP contribution in [0.5, 0.6) is 0 Å². The first-order valence-electron chi connectivity index (χ1n) is 11.3. The third-order valence-electron chi connectivity index (χ3n) is 6.03. The predicted molar refractivity (Wildman–Crippen MR) is 135 cm³/mol. The molecular formula is C24H31Cl2N3O3S. The van der Waals surface area contributed by atoms with Crippen LogP contribution in [-0.4, -0.2) is 44.8 Å². The normalized spacial score (nSPS) is 17.0. The molecule has 3 rings (SSSR count). The fourth-order valence-electron chi connectivity index (χ4n) is 4.08. The summed E-state index contributed by atoms with van der Waals surface area (Å²) in [6, 6.07) is 12.9. The molecule has 0 aliphatic carbocycles. The van der Waals surface area contributed by atoms with Gasteiger partial charge in [0.25, 0.3) is 0 Å². The zero-order chi connectivity index (χ0) is 24.0. The van der Waals surface area contributed by atoms with E-state index in [-0.39, 0.29) is 24.1 Å². The summed E-state index contributed by atoms with van der Waals surface area (Å²) in [6.45, 7) is 7.13. The van der Waals surface area contributed by atoms with E-state index in [2.05, 4.69) is 36.2 Å². The van der Waals surface area contributed by atoms with E-state index in [4.69, 9.17) is 23.2 Å². The topological polar surface area (TPSA) is 69.7 Å². The van der Waals surface area contributed by atoms with Gasteiger partial charge in [-0.05, 0) is 62.1 Å². The van der Waals surface area contributed by atoms with Crippen LogP contribution in [0.2, 0.25) is 10.0 Å². The van der Waals surface area contributed by atoms with E-state index in [1.54, 1.807) is 12.1 Å². The molecule has 2 aromatic carbocycles. The summed E-state index contributed by atoms with van der Waals surface area (Å²) in [5.41, 5.74) is 2.67. The van der Waals surface area contributed by atoms with Crippen molar-refractivity contribution in [2.24, 2.45) is 5.92 Å². The van der Waals surface area contributed by atoms with E-state index in [0.717, 1.165) is 24.3 Å². The van der Waals surface area contributed by atoms with Crippen LogP contribution in [0.3, 0.4) is 0 Å². The number of anilines is 1. The molecule has 0 spiro atoms. The van der Waals surface area contributed by atoms with Crippen LogP contribution < -0.4 is 10.2 Å². The Kier molecular flexibility index (Phi) is 9.04. The number of rotatable bonds is 9. The molecule has 1 atom stereocenters. The van der Waals surface area contributed by atoms with Crippen LogP contribution in [0.25, 0.3) is 0 Å². The van der Waals surface area contributed by atoms with Crippen molar-refractivity contribution in [1.29, 1.82) is 0 Å². The summed E-state index contributed by atoms with van der Waals surface area (Å²) in [7, 11) is -3.60. The molecule has 1 unspecified atom stereocenters. The Hall–Kier alpha value is -1.80. The van der Waals surface area contributed by atoms with Gasteiger partial charge < -0.3 is 10.2 Å². The zero-order valence-corrected chi connectivity index (χ0v) is 21.4. The number of nitrogens with one attached hydrogen (secondary N) is 1. The van der Waals surface area contributed by atoms with Crippen LogP contribution >= 0.6 is 23.2 Å². The second kappa shape index (κ2) is 11.6. The van der Waals surface area contributed by atoms with E-state index in [1.807, 2.05) is 12.1 Å². The lowest BCUT2D eigenvalue weighted by molar-refractivity contribution is -0.126. The van der Waals surface area contributed by atoms with Gasteiger partial charge in [-0.3, -0.25) is 4.79 Å².